The molecule has 8 heteroatoms. The first kappa shape index (κ1) is 17.1. The molecule has 3 aromatic rings. The lowest BCUT2D eigenvalue weighted by Gasteiger charge is -2.56. The summed E-state index contributed by atoms with van der Waals surface area (Å²) in [4.78, 5) is 17.2. The maximum Gasteiger partial charge on any atom is 0.238 e. The van der Waals surface area contributed by atoms with Gasteiger partial charge in [-0.1, -0.05) is 12.1 Å². The molecule has 2 unspecified atom stereocenters. The summed E-state index contributed by atoms with van der Waals surface area (Å²) in [6.07, 6.45) is 2.76. The summed E-state index contributed by atoms with van der Waals surface area (Å²) in [5, 5.41) is 15.5. The third-order valence-corrected chi connectivity index (χ3v) is 6.02. The van der Waals surface area contributed by atoms with Gasteiger partial charge in [0, 0.05) is 30.9 Å². The van der Waals surface area contributed by atoms with Crippen molar-refractivity contribution in [3.05, 3.63) is 47.8 Å². The van der Waals surface area contributed by atoms with Gasteiger partial charge in [0.05, 0.1) is 6.54 Å². The highest BCUT2D eigenvalue weighted by atomic mass is 16.2. The van der Waals surface area contributed by atoms with E-state index in [0.717, 1.165) is 42.2 Å². The molecule has 1 N–H and O–H groups in total. The number of aryl methyl sites for hydroxylation is 1. The van der Waals surface area contributed by atoms with Gasteiger partial charge < -0.3 is 10.2 Å². The van der Waals surface area contributed by atoms with Crippen molar-refractivity contribution in [1.29, 1.82) is 0 Å². The van der Waals surface area contributed by atoms with Crippen molar-refractivity contribution in [2.24, 2.45) is 0 Å². The van der Waals surface area contributed by atoms with Crippen LogP contribution < -0.4 is 10.2 Å². The van der Waals surface area contributed by atoms with Crippen LogP contribution in [-0.4, -0.2) is 62.3 Å². The Bertz CT molecular complexity index is 1030. The van der Waals surface area contributed by atoms with Gasteiger partial charge in [0.1, 0.15) is 12.1 Å². The van der Waals surface area contributed by atoms with Gasteiger partial charge in [-0.05, 0) is 49.6 Å². The zero-order valence-corrected chi connectivity index (χ0v) is 16.0. The van der Waals surface area contributed by atoms with Crippen molar-refractivity contribution in [2.45, 2.75) is 32.4 Å². The number of nitrogens with one attached hydrogen (secondary N) is 1. The number of piperidine rings is 1. The van der Waals surface area contributed by atoms with Crippen LogP contribution in [0.3, 0.4) is 0 Å². The highest BCUT2D eigenvalue weighted by Gasteiger charge is 2.45. The molecule has 0 spiro atoms. The standard InChI is InChI=1S/C20H23N7O/c1-13-4-3-5-17(14(13)2)22-20(28)11-26-15-8-16(26)10-25(9-15)19-7-6-18-23-21-12-27(18)24-19/h3-7,12,15-16H,8-11H2,1-2H3,(H,22,28). The first-order valence-electron chi connectivity index (χ1n) is 9.62. The lowest BCUT2D eigenvalue weighted by Crippen LogP contribution is -2.69. The van der Waals surface area contributed by atoms with Crippen molar-refractivity contribution in [1.82, 2.24) is 24.7 Å². The van der Waals surface area contributed by atoms with Crippen LogP contribution in [0.2, 0.25) is 0 Å². The Morgan fingerprint density at radius 2 is 2.00 bits per heavy atom. The molecule has 1 amide bonds. The molecule has 28 heavy (non-hydrogen) atoms. The van der Waals surface area contributed by atoms with E-state index in [4.69, 9.17) is 0 Å². The molecule has 3 aliphatic rings. The summed E-state index contributed by atoms with van der Waals surface area (Å²) < 4.78 is 1.70. The summed E-state index contributed by atoms with van der Waals surface area (Å²) in [5.74, 6) is 0.988. The molecular weight excluding hydrogens is 354 g/mol. The van der Waals surface area contributed by atoms with Crippen molar-refractivity contribution < 1.29 is 4.79 Å². The number of nitrogens with zero attached hydrogens (tertiary/aromatic N) is 6. The van der Waals surface area contributed by atoms with Gasteiger partial charge in [-0.2, -0.15) is 4.52 Å². The average Bonchev–Trinajstić information content (AvgIpc) is 3.17. The number of rotatable bonds is 4. The van der Waals surface area contributed by atoms with Crippen LogP contribution >= 0.6 is 0 Å². The van der Waals surface area contributed by atoms with E-state index in [0.29, 0.717) is 18.6 Å². The average molecular weight is 377 g/mol. The maximum atomic E-state index is 12.6. The normalized spacial score (nSPS) is 21.6. The van der Waals surface area contributed by atoms with Gasteiger partial charge >= 0.3 is 0 Å². The van der Waals surface area contributed by atoms with Crippen LogP contribution in [0.4, 0.5) is 11.5 Å². The summed E-state index contributed by atoms with van der Waals surface area (Å²) in [7, 11) is 0. The Morgan fingerprint density at radius 3 is 2.82 bits per heavy atom. The van der Waals surface area contributed by atoms with E-state index >= 15 is 0 Å². The Morgan fingerprint density at radius 1 is 1.18 bits per heavy atom. The van der Waals surface area contributed by atoms with E-state index in [2.05, 4.69) is 43.4 Å². The van der Waals surface area contributed by atoms with Gasteiger partial charge in [-0.3, -0.25) is 9.69 Å². The second-order valence-electron chi connectivity index (χ2n) is 7.74. The fourth-order valence-corrected chi connectivity index (χ4v) is 4.26. The monoisotopic (exact) mass is 377 g/mol. The highest BCUT2D eigenvalue weighted by molar-refractivity contribution is 5.93. The van der Waals surface area contributed by atoms with Crippen LogP contribution in [-0.2, 0) is 4.79 Å². The van der Waals surface area contributed by atoms with Crippen LogP contribution in [0.5, 0.6) is 0 Å². The topological polar surface area (TPSA) is 78.7 Å². The van der Waals surface area contributed by atoms with Crippen LogP contribution in [0.1, 0.15) is 17.5 Å². The largest absolute Gasteiger partial charge is 0.352 e. The molecule has 5 heterocycles. The molecule has 2 bridgehead atoms. The molecule has 0 aliphatic carbocycles. The predicted molar refractivity (Wildman–Crippen MR) is 106 cm³/mol. The second-order valence-corrected chi connectivity index (χ2v) is 7.74. The summed E-state index contributed by atoms with van der Waals surface area (Å²) >= 11 is 0. The van der Waals surface area contributed by atoms with Crippen LogP contribution in [0.15, 0.2) is 36.7 Å². The van der Waals surface area contributed by atoms with E-state index in [9.17, 15) is 4.79 Å². The molecule has 1 aromatic carbocycles. The Balaban J connectivity index is 1.22. The molecular formula is C20H23N7O. The Hall–Kier alpha value is -3.00. The molecule has 0 saturated carbocycles. The van der Waals surface area contributed by atoms with E-state index in [1.165, 1.54) is 5.56 Å². The van der Waals surface area contributed by atoms with E-state index in [1.54, 1.807) is 10.8 Å². The maximum absolute atomic E-state index is 12.6. The molecule has 3 fully saturated rings. The summed E-state index contributed by atoms with van der Waals surface area (Å²) in [5.41, 5.74) is 3.97. The molecule has 3 saturated heterocycles. The number of hydrogen-bond donors (Lipinski definition) is 1. The lowest BCUT2D eigenvalue weighted by molar-refractivity contribution is -0.121. The van der Waals surface area contributed by atoms with Gasteiger partial charge in [0.25, 0.3) is 0 Å². The van der Waals surface area contributed by atoms with Gasteiger partial charge in [-0.25, -0.2) is 0 Å². The third kappa shape index (κ3) is 2.90. The minimum Gasteiger partial charge on any atom is -0.352 e. The zero-order valence-electron chi connectivity index (χ0n) is 16.0. The lowest BCUT2D eigenvalue weighted by atomic mass is 9.87. The van der Waals surface area contributed by atoms with Crippen molar-refractivity contribution >= 4 is 23.1 Å². The first-order valence-corrected chi connectivity index (χ1v) is 9.62. The number of hydrogen-bond acceptors (Lipinski definition) is 6. The fraction of sp³-hybridized carbons (Fsp3) is 0.400. The third-order valence-electron chi connectivity index (χ3n) is 6.02. The number of carbonyl (C=O) groups excluding carboxylic acids is 1. The number of carbonyl (C=O) groups is 1. The quantitative estimate of drug-likeness (QED) is 0.745. The summed E-state index contributed by atoms with van der Waals surface area (Å²) in [6.45, 7) is 6.31. The number of benzene rings is 1. The first-order chi connectivity index (χ1) is 13.6. The molecule has 3 aliphatic heterocycles. The smallest absolute Gasteiger partial charge is 0.238 e. The van der Waals surface area contributed by atoms with Crippen molar-refractivity contribution in [2.75, 3.05) is 29.9 Å². The SMILES string of the molecule is Cc1cccc(NC(=O)CN2C3CC2CN(c2ccc4nncn4n2)C3)c1C. The minimum atomic E-state index is 0.0564. The molecule has 8 nitrogen and oxygen atoms in total. The Kier molecular flexibility index (Phi) is 4.01. The molecule has 2 aromatic heterocycles. The minimum absolute atomic E-state index is 0.0564. The number of anilines is 2. The van der Waals surface area contributed by atoms with Crippen molar-refractivity contribution in [3.63, 3.8) is 0 Å². The zero-order chi connectivity index (χ0) is 19.3. The van der Waals surface area contributed by atoms with Gasteiger partial charge in [0.15, 0.2) is 5.65 Å². The molecule has 6 rings (SSSR count). The second kappa shape index (κ2) is 6.56. The van der Waals surface area contributed by atoms with E-state index in [1.807, 2.05) is 31.2 Å². The molecule has 2 atom stereocenters. The summed E-state index contributed by atoms with van der Waals surface area (Å²) in [6, 6.07) is 10.7. The number of fused-ring (bicyclic) bond motifs is 3. The number of piperazine rings is 1. The van der Waals surface area contributed by atoms with E-state index < -0.39 is 0 Å². The highest BCUT2D eigenvalue weighted by Crippen LogP contribution is 2.33. The van der Waals surface area contributed by atoms with Gasteiger partial charge in [-0.15, -0.1) is 15.3 Å². The molecule has 144 valence electrons. The predicted octanol–water partition coefficient (Wildman–Crippen LogP) is 1.64. The van der Waals surface area contributed by atoms with Gasteiger partial charge in [0.2, 0.25) is 5.91 Å². The van der Waals surface area contributed by atoms with Crippen LogP contribution in [0.25, 0.3) is 5.65 Å². The number of amides is 1. The fourth-order valence-electron chi connectivity index (χ4n) is 4.26. The molecule has 0 radical (unpaired) electrons. The van der Waals surface area contributed by atoms with Crippen molar-refractivity contribution in [3.8, 4) is 0 Å². The van der Waals surface area contributed by atoms with Crippen LogP contribution in [0, 0.1) is 13.8 Å². The number of aromatic nitrogens is 4. The van der Waals surface area contributed by atoms with E-state index in [-0.39, 0.29) is 5.91 Å². The Labute approximate surface area is 163 Å².